The van der Waals surface area contributed by atoms with E-state index in [1.54, 1.807) is 0 Å². The number of likely N-dealkylation sites (tertiary alicyclic amines) is 1. The monoisotopic (exact) mass is 251 g/mol. The summed E-state index contributed by atoms with van der Waals surface area (Å²) in [6.07, 6.45) is 4.08. The fourth-order valence-corrected chi connectivity index (χ4v) is 3.17. The summed E-state index contributed by atoms with van der Waals surface area (Å²) < 4.78 is 0. The number of nitrogens with one attached hydrogen (secondary N) is 1. The van der Waals surface area contributed by atoms with Crippen molar-refractivity contribution in [1.29, 1.82) is 0 Å². The summed E-state index contributed by atoms with van der Waals surface area (Å²) in [5, 5.41) is 3.40. The van der Waals surface area contributed by atoms with E-state index < -0.39 is 0 Å². The SMILES string of the molecule is C=C(C(N)C(C)C)N1CC2(CC2)CC1C(C)NC. The smallest absolute Gasteiger partial charge is 0.0463 e. The van der Waals surface area contributed by atoms with E-state index in [2.05, 4.69) is 37.6 Å². The highest BCUT2D eigenvalue weighted by Gasteiger charge is 2.53. The molecule has 1 aliphatic carbocycles. The molecule has 0 amide bonds. The van der Waals surface area contributed by atoms with E-state index >= 15 is 0 Å². The van der Waals surface area contributed by atoms with Crippen molar-refractivity contribution in [2.45, 2.75) is 58.2 Å². The fourth-order valence-electron chi connectivity index (χ4n) is 3.17. The summed E-state index contributed by atoms with van der Waals surface area (Å²) in [6, 6.07) is 1.15. The average molecular weight is 251 g/mol. The second-order valence-electron chi connectivity index (χ2n) is 6.74. The van der Waals surface area contributed by atoms with Crippen molar-refractivity contribution >= 4 is 0 Å². The zero-order chi connectivity index (χ0) is 13.5. The van der Waals surface area contributed by atoms with Crippen LogP contribution in [0.1, 0.15) is 40.0 Å². The Morgan fingerprint density at radius 1 is 1.39 bits per heavy atom. The van der Waals surface area contributed by atoms with Crippen LogP contribution < -0.4 is 11.1 Å². The van der Waals surface area contributed by atoms with Gasteiger partial charge in [0, 0.05) is 30.4 Å². The zero-order valence-electron chi connectivity index (χ0n) is 12.4. The van der Waals surface area contributed by atoms with Crippen molar-refractivity contribution in [1.82, 2.24) is 10.2 Å². The van der Waals surface area contributed by atoms with Gasteiger partial charge in [0.1, 0.15) is 0 Å². The molecule has 1 saturated heterocycles. The van der Waals surface area contributed by atoms with Gasteiger partial charge in [-0.3, -0.25) is 0 Å². The Hall–Kier alpha value is -0.540. The van der Waals surface area contributed by atoms with Crippen LogP contribution in [0.4, 0.5) is 0 Å². The highest BCUT2D eigenvalue weighted by Crippen LogP contribution is 2.56. The van der Waals surface area contributed by atoms with E-state index in [-0.39, 0.29) is 6.04 Å². The molecule has 1 saturated carbocycles. The third kappa shape index (κ3) is 2.43. The summed E-state index contributed by atoms with van der Waals surface area (Å²) in [4.78, 5) is 2.50. The van der Waals surface area contributed by atoms with E-state index in [1.165, 1.54) is 25.8 Å². The number of rotatable bonds is 5. The molecule has 2 fully saturated rings. The molecular formula is C15H29N3. The summed E-state index contributed by atoms with van der Waals surface area (Å²) in [5.41, 5.74) is 8.02. The maximum absolute atomic E-state index is 6.29. The third-order valence-electron chi connectivity index (χ3n) is 5.01. The first kappa shape index (κ1) is 13.9. The quantitative estimate of drug-likeness (QED) is 0.784. The van der Waals surface area contributed by atoms with E-state index in [9.17, 15) is 0 Å². The lowest BCUT2D eigenvalue weighted by molar-refractivity contribution is 0.245. The van der Waals surface area contributed by atoms with E-state index in [1.807, 2.05) is 7.05 Å². The standard InChI is InChI=1S/C15H29N3/c1-10(2)14(16)12(4)18-9-15(6-7-15)8-13(18)11(3)17-5/h10-11,13-14,17H,4,6-9,16H2,1-3,5H3. The van der Waals surface area contributed by atoms with Gasteiger partial charge in [-0.15, -0.1) is 0 Å². The summed E-state index contributed by atoms with van der Waals surface area (Å²) >= 11 is 0. The molecule has 0 bridgehead atoms. The van der Waals surface area contributed by atoms with Gasteiger partial charge in [0.15, 0.2) is 0 Å². The Morgan fingerprint density at radius 3 is 2.44 bits per heavy atom. The lowest BCUT2D eigenvalue weighted by Gasteiger charge is -2.36. The maximum Gasteiger partial charge on any atom is 0.0463 e. The molecule has 18 heavy (non-hydrogen) atoms. The molecule has 104 valence electrons. The van der Waals surface area contributed by atoms with Crippen LogP contribution in [0, 0.1) is 11.3 Å². The van der Waals surface area contributed by atoms with Crippen LogP contribution in [-0.4, -0.2) is 36.6 Å². The van der Waals surface area contributed by atoms with Crippen LogP contribution in [0.5, 0.6) is 0 Å². The van der Waals surface area contributed by atoms with Crippen LogP contribution in [0.3, 0.4) is 0 Å². The summed E-state index contributed by atoms with van der Waals surface area (Å²) in [7, 11) is 2.05. The topological polar surface area (TPSA) is 41.3 Å². The average Bonchev–Trinajstić information content (AvgIpc) is 2.98. The molecule has 1 aliphatic heterocycles. The van der Waals surface area contributed by atoms with Crippen LogP contribution in [0.25, 0.3) is 0 Å². The molecule has 3 N–H and O–H groups in total. The van der Waals surface area contributed by atoms with E-state index in [0.29, 0.717) is 23.4 Å². The minimum absolute atomic E-state index is 0.0884. The Labute approximate surface area is 112 Å². The van der Waals surface area contributed by atoms with Crippen LogP contribution >= 0.6 is 0 Å². The Morgan fingerprint density at radius 2 is 2.00 bits per heavy atom. The van der Waals surface area contributed by atoms with E-state index in [0.717, 1.165) is 5.70 Å². The van der Waals surface area contributed by atoms with Gasteiger partial charge in [-0.2, -0.15) is 0 Å². The molecular weight excluding hydrogens is 222 g/mol. The van der Waals surface area contributed by atoms with Crippen molar-refractivity contribution in [3.05, 3.63) is 12.3 Å². The molecule has 3 heteroatoms. The zero-order valence-corrected chi connectivity index (χ0v) is 12.4. The predicted molar refractivity (Wildman–Crippen MR) is 77.3 cm³/mol. The van der Waals surface area contributed by atoms with Crippen molar-refractivity contribution in [2.75, 3.05) is 13.6 Å². The molecule has 1 spiro atoms. The molecule has 0 radical (unpaired) electrons. The highest BCUT2D eigenvalue weighted by molar-refractivity contribution is 5.16. The normalized spacial score (nSPS) is 28.8. The molecule has 2 rings (SSSR count). The lowest BCUT2D eigenvalue weighted by atomic mass is 9.98. The summed E-state index contributed by atoms with van der Waals surface area (Å²) in [5.74, 6) is 0.457. The molecule has 0 aromatic carbocycles. The van der Waals surface area contributed by atoms with Gasteiger partial charge in [-0.1, -0.05) is 20.4 Å². The molecule has 3 nitrogen and oxygen atoms in total. The van der Waals surface area contributed by atoms with E-state index in [4.69, 9.17) is 5.73 Å². The Bertz CT molecular complexity index is 320. The number of likely N-dealkylation sites (N-methyl/N-ethyl adjacent to an activating group) is 1. The molecule has 1 heterocycles. The van der Waals surface area contributed by atoms with Crippen LogP contribution in [0.15, 0.2) is 12.3 Å². The second kappa shape index (κ2) is 4.86. The van der Waals surface area contributed by atoms with Crippen LogP contribution in [-0.2, 0) is 0 Å². The molecule has 0 aromatic rings. The van der Waals surface area contributed by atoms with Crippen molar-refractivity contribution < 1.29 is 0 Å². The van der Waals surface area contributed by atoms with Gasteiger partial charge in [0.25, 0.3) is 0 Å². The summed E-state index contributed by atoms with van der Waals surface area (Å²) in [6.45, 7) is 12.1. The predicted octanol–water partition coefficient (Wildman–Crippen LogP) is 1.95. The van der Waals surface area contributed by atoms with Gasteiger partial charge in [-0.05, 0) is 44.6 Å². The largest absolute Gasteiger partial charge is 0.369 e. The number of nitrogens with two attached hydrogens (primary N) is 1. The van der Waals surface area contributed by atoms with Crippen molar-refractivity contribution in [3.63, 3.8) is 0 Å². The lowest BCUT2D eigenvalue weighted by Crippen LogP contribution is -2.47. The number of nitrogens with zero attached hydrogens (tertiary/aromatic N) is 1. The molecule has 3 unspecified atom stereocenters. The minimum atomic E-state index is 0.0884. The molecule has 3 atom stereocenters. The first-order valence-electron chi connectivity index (χ1n) is 7.28. The first-order valence-corrected chi connectivity index (χ1v) is 7.28. The molecule has 0 aromatic heterocycles. The second-order valence-corrected chi connectivity index (χ2v) is 6.74. The maximum atomic E-state index is 6.29. The van der Waals surface area contributed by atoms with Gasteiger partial charge in [0.05, 0.1) is 0 Å². The number of hydrogen-bond acceptors (Lipinski definition) is 3. The van der Waals surface area contributed by atoms with Gasteiger partial charge in [0.2, 0.25) is 0 Å². The van der Waals surface area contributed by atoms with Crippen molar-refractivity contribution in [2.24, 2.45) is 17.1 Å². The third-order valence-corrected chi connectivity index (χ3v) is 5.01. The minimum Gasteiger partial charge on any atom is -0.369 e. The Kier molecular flexibility index (Phi) is 3.75. The molecule has 2 aliphatic rings. The Balaban J connectivity index is 2.11. The first-order chi connectivity index (χ1) is 8.40. The van der Waals surface area contributed by atoms with Crippen molar-refractivity contribution in [3.8, 4) is 0 Å². The van der Waals surface area contributed by atoms with Gasteiger partial charge in [-0.25, -0.2) is 0 Å². The van der Waals surface area contributed by atoms with Gasteiger partial charge < -0.3 is 16.0 Å². The van der Waals surface area contributed by atoms with Gasteiger partial charge >= 0.3 is 0 Å². The highest BCUT2D eigenvalue weighted by atomic mass is 15.2. The number of hydrogen-bond donors (Lipinski definition) is 2. The van der Waals surface area contributed by atoms with Crippen LogP contribution in [0.2, 0.25) is 0 Å². The fraction of sp³-hybridized carbons (Fsp3) is 0.867.